The van der Waals surface area contributed by atoms with Crippen molar-refractivity contribution in [3.63, 3.8) is 0 Å². The SMILES string of the molecule is NS(=O)(=O)[C@@H]1C[C@H]2CC[C@H]1C2. The number of sulfonamides is 1. The van der Waals surface area contributed by atoms with Gasteiger partial charge in [0.25, 0.3) is 0 Å². The van der Waals surface area contributed by atoms with Crippen molar-refractivity contribution in [1.82, 2.24) is 0 Å². The molecule has 0 aromatic heterocycles. The van der Waals surface area contributed by atoms with Gasteiger partial charge in [-0.05, 0) is 31.1 Å². The van der Waals surface area contributed by atoms with Crippen LogP contribution in [0.3, 0.4) is 0 Å². The molecular formula is C7H13NO2S. The van der Waals surface area contributed by atoms with Gasteiger partial charge in [0, 0.05) is 0 Å². The molecule has 2 aliphatic rings. The normalized spacial score (nSPS) is 43.2. The van der Waals surface area contributed by atoms with E-state index < -0.39 is 10.0 Å². The highest BCUT2D eigenvalue weighted by Gasteiger charge is 2.44. The molecule has 0 aromatic carbocycles. The number of fused-ring (bicyclic) bond motifs is 2. The van der Waals surface area contributed by atoms with Crippen LogP contribution in [0.25, 0.3) is 0 Å². The molecule has 3 nitrogen and oxygen atoms in total. The fourth-order valence-electron chi connectivity index (χ4n) is 2.59. The van der Waals surface area contributed by atoms with Crippen LogP contribution in [0.1, 0.15) is 25.7 Å². The molecule has 0 amide bonds. The van der Waals surface area contributed by atoms with E-state index in [1.807, 2.05) is 0 Å². The van der Waals surface area contributed by atoms with Crippen LogP contribution in [-0.2, 0) is 10.0 Å². The van der Waals surface area contributed by atoms with E-state index in [0.29, 0.717) is 11.8 Å². The van der Waals surface area contributed by atoms with Gasteiger partial charge in [0.05, 0.1) is 5.25 Å². The molecule has 0 aliphatic heterocycles. The lowest BCUT2D eigenvalue weighted by atomic mass is 10.0. The Balaban J connectivity index is 2.21. The van der Waals surface area contributed by atoms with Gasteiger partial charge in [0.1, 0.15) is 0 Å². The first kappa shape index (κ1) is 7.55. The second kappa shape index (κ2) is 2.20. The Kier molecular flexibility index (Phi) is 1.51. The third-order valence-electron chi connectivity index (χ3n) is 3.10. The second-order valence-electron chi connectivity index (χ2n) is 3.80. The lowest BCUT2D eigenvalue weighted by Crippen LogP contribution is -2.32. The van der Waals surface area contributed by atoms with Gasteiger partial charge in [-0.3, -0.25) is 0 Å². The van der Waals surface area contributed by atoms with Gasteiger partial charge in [0.2, 0.25) is 10.0 Å². The maximum atomic E-state index is 11.0. The molecule has 0 heterocycles. The Morgan fingerprint density at radius 2 is 1.91 bits per heavy atom. The second-order valence-corrected chi connectivity index (χ2v) is 5.59. The van der Waals surface area contributed by atoms with Gasteiger partial charge >= 0.3 is 0 Å². The van der Waals surface area contributed by atoms with Gasteiger partial charge in [-0.2, -0.15) is 0 Å². The quantitative estimate of drug-likeness (QED) is 0.629. The molecule has 2 aliphatic carbocycles. The number of rotatable bonds is 1. The maximum absolute atomic E-state index is 11.0. The van der Waals surface area contributed by atoms with E-state index in [2.05, 4.69) is 0 Å². The summed E-state index contributed by atoms with van der Waals surface area (Å²) in [7, 11) is -3.23. The highest BCUT2D eigenvalue weighted by atomic mass is 32.2. The zero-order chi connectivity index (χ0) is 8.06. The Morgan fingerprint density at radius 1 is 1.18 bits per heavy atom. The molecule has 64 valence electrons. The molecule has 2 fully saturated rings. The van der Waals surface area contributed by atoms with Crippen LogP contribution in [0.2, 0.25) is 0 Å². The molecule has 4 heteroatoms. The molecule has 0 radical (unpaired) electrons. The van der Waals surface area contributed by atoms with E-state index in [9.17, 15) is 8.42 Å². The summed E-state index contributed by atoms with van der Waals surface area (Å²) in [4.78, 5) is 0. The first-order valence-corrected chi connectivity index (χ1v) is 5.70. The smallest absolute Gasteiger partial charge is 0.212 e. The number of hydrogen-bond donors (Lipinski definition) is 1. The third-order valence-corrected chi connectivity index (χ3v) is 4.52. The summed E-state index contributed by atoms with van der Waals surface area (Å²) >= 11 is 0. The van der Waals surface area contributed by atoms with Crippen molar-refractivity contribution in [1.29, 1.82) is 0 Å². The fourth-order valence-corrected chi connectivity index (χ4v) is 3.91. The Labute approximate surface area is 67.0 Å². The van der Waals surface area contributed by atoms with Crippen LogP contribution in [-0.4, -0.2) is 13.7 Å². The zero-order valence-corrected chi connectivity index (χ0v) is 7.18. The molecule has 2 N–H and O–H groups in total. The lowest BCUT2D eigenvalue weighted by Gasteiger charge is -2.18. The van der Waals surface area contributed by atoms with Crippen LogP contribution >= 0.6 is 0 Å². The molecular weight excluding hydrogens is 162 g/mol. The zero-order valence-electron chi connectivity index (χ0n) is 6.36. The van der Waals surface area contributed by atoms with Crippen molar-refractivity contribution < 1.29 is 8.42 Å². The topological polar surface area (TPSA) is 60.2 Å². The van der Waals surface area contributed by atoms with Crippen molar-refractivity contribution in [3.8, 4) is 0 Å². The summed E-state index contributed by atoms with van der Waals surface area (Å²) in [6, 6.07) is 0. The van der Waals surface area contributed by atoms with Crippen LogP contribution < -0.4 is 5.14 Å². The average Bonchev–Trinajstić information content (AvgIpc) is 2.42. The first-order valence-electron chi connectivity index (χ1n) is 4.09. The summed E-state index contributed by atoms with van der Waals surface area (Å²) in [5.74, 6) is 1.04. The summed E-state index contributed by atoms with van der Waals surface area (Å²) in [5.41, 5.74) is 0. The molecule has 2 bridgehead atoms. The highest BCUT2D eigenvalue weighted by molar-refractivity contribution is 7.89. The van der Waals surface area contributed by atoms with Crippen molar-refractivity contribution in [3.05, 3.63) is 0 Å². The minimum atomic E-state index is -3.23. The highest BCUT2D eigenvalue weighted by Crippen LogP contribution is 2.46. The van der Waals surface area contributed by atoms with E-state index in [0.717, 1.165) is 19.3 Å². The van der Waals surface area contributed by atoms with Gasteiger partial charge in [-0.15, -0.1) is 0 Å². The molecule has 3 atom stereocenters. The first-order chi connectivity index (χ1) is 5.07. The Bertz CT molecular complexity index is 260. The van der Waals surface area contributed by atoms with Crippen LogP contribution in [0, 0.1) is 11.8 Å². The molecule has 11 heavy (non-hydrogen) atoms. The summed E-state index contributed by atoms with van der Waals surface area (Å²) in [6.07, 6.45) is 4.22. The fraction of sp³-hybridized carbons (Fsp3) is 1.00. The average molecular weight is 175 g/mol. The molecule has 0 unspecified atom stereocenters. The van der Waals surface area contributed by atoms with Crippen LogP contribution in [0.4, 0.5) is 0 Å². The third kappa shape index (κ3) is 1.18. The molecule has 0 saturated heterocycles. The predicted octanol–water partition coefficient (Wildman–Crippen LogP) is 0.464. The van der Waals surface area contributed by atoms with E-state index in [-0.39, 0.29) is 5.25 Å². The largest absolute Gasteiger partial charge is 0.228 e. The monoisotopic (exact) mass is 175 g/mol. The standard InChI is InChI=1S/C7H13NO2S/c8-11(9,10)7-4-5-1-2-6(7)3-5/h5-7H,1-4H2,(H2,8,9,10)/t5-,6-,7+/m0/s1. The minimum Gasteiger partial charge on any atom is -0.228 e. The lowest BCUT2D eigenvalue weighted by molar-refractivity contribution is 0.465. The Morgan fingerprint density at radius 3 is 2.18 bits per heavy atom. The van der Waals surface area contributed by atoms with Gasteiger partial charge < -0.3 is 0 Å². The maximum Gasteiger partial charge on any atom is 0.212 e. The van der Waals surface area contributed by atoms with Crippen LogP contribution in [0.5, 0.6) is 0 Å². The van der Waals surface area contributed by atoms with Crippen LogP contribution in [0.15, 0.2) is 0 Å². The minimum absolute atomic E-state index is 0.207. The summed E-state index contributed by atoms with van der Waals surface area (Å²) in [5, 5.41) is 4.89. The van der Waals surface area contributed by atoms with Crippen molar-refractivity contribution in [2.45, 2.75) is 30.9 Å². The molecule has 2 saturated carbocycles. The molecule has 0 spiro atoms. The van der Waals surface area contributed by atoms with Gasteiger partial charge in [-0.25, -0.2) is 13.6 Å². The van der Waals surface area contributed by atoms with E-state index in [1.54, 1.807) is 0 Å². The molecule has 2 rings (SSSR count). The Hall–Kier alpha value is -0.0900. The molecule has 0 aromatic rings. The van der Waals surface area contributed by atoms with Crippen molar-refractivity contribution >= 4 is 10.0 Å². The van der Waals surface area contributed by atoms with Crippen molar-refractivity contribution in [2.75, 3.05) is 0 Å². The van der Waals surface area contributed by atoms with Crippen molar-refractivity contribution in [2.24, 2.45) is 17.0 Å². The van der Waals surface area contributed by atoms with E-state index in [1.165, 1.54) is 6.42 Å². The van der Waals surface area contributed by atoms with Gasteiger partial charge in [-0.1, -0.05) is 6.42 Å². The summed E-state index contributed by atoms with van der Waals surface area (Å²) in [6.45, 7) is 0. The van der Waals surface area contributed by atoms with E-state index in [4.69, 9.17) is 5.14 Å². The number of primary sulfonamides is 1. The number of hydrogen-bond acceptors (Lipinski definition) is 2. The summed E-state index contributed by atoms with van der Waals surface area (Å²) < 4.78 is 22.0. The predicted molar refractivity (Wildman–Crippen MR) is 42.3 cm³/mol. The van der Waals surface area contributed by atoms with E-state index >= 15 is 0 Å². The van der Waals surface area contributed by atoms with Gasteiger partial charge in [0.15, 0.2) is 0 Å². The number of nitrogens with two attached hydrogens (primary N) is 1.